The zero-order valence-electron chi connectivity index (χ0n) is 12.7. The van der Waals surface area contributed by atoms with E-state index in [1.54, 1.807) is 12.1 Å². The minimum atomic E-state index is -1.32. The highest BCUT2D eigenvalue weighted by molar-refractivity contribution is 6.03. The maximum Gasteiger partial charge on any atom is 0.244 e. The molecule has 2 aromatic carbocycles. The Labute approximate surface area is 132 Å². The second-order valence-corrected chi connectivity index (χ2v) is 5.23. The number of ketones is 1. The van der Waals surface area contributed by atoms with Gasteiger partial charge in [0.25, 0.3) is 0 Å². The molecule has 120 valence electrons. The highest BCUT2D eigenvalue weighted by Crippen LogP contribution is 2.45. The Bertz CT molecular complexity index is 752. The van der Waals surface area contributed by atoms with Gasteiger partial charge in [0.2, 0.25) is 5.79 Å². The minimum absolute atomic E-state index is 0.0961. The first-order valence-electron chi connectivity index (χ1n) is 6.97. The fourth-order valence-electron chi connectivity index (χ4n) is 2.68. The lowest BCUT2D eigenvalue weighted by Crippen LogP contribution is -2.41. The lowest BCUT2D eigenvalue weighted by molar-refractivity contribution is -0.173. The van der Waals surface area contributed by atoms with Crippen LogP contribution in [0.1, 0.15) is 22.3 Å². The van der Waals surface area contributed by atoms with Gasteiger partial charge in [-0.2, -0.15) is 0 Å². The molecule has 0 aromatic heterocycles. The zero-order valence-corrected chi connectivity index (χ0v) is 12.7. The van der Waals surface area contributed by atoms with Gasteiger partial charge in [0.15, 0.2) is 5.78 Å². The molecule has 23 heavy (non-hydrogen) atoms. The number of phenolic OH excluding ortho intramolecular Hbond substituents is 2. The third-order valence-corrected chi connectivity index (χ3v) is 3.87. The molecule has 1 aliphatic heterocycles. The average molecular weight is 316 g/mol. The van der Waals surface area contributed by atoms with Crippen molar-refractivity contribution in [1.29, 1.82) is 0 Å². The van der Waals surface area contributed by atoms with Crippen LogP contribution in [-0.4, -0.2) is 30.2 Å². The summed E-state index contributed by atoms with van der Waals surface area (Å²) in [4.78, 5) is 12.5. The summed E-state index contributed by atoms with van der Waals surface area (Å²) >= 11 is 0. The monoisotopic (exact) mass is 316 g/mol. The van der Waals surface area contributed by atoms with E-state index in [1.807, 2.05) is 0 Å². The Kier molecular flexibility index (Phi) is 3.61. The van der Waals surface area contributed by atoms with E-state index in [-0.39, 0.29) is 35.0 Å². The highest BCUT2D eigenvalue weighted by atomic mass is 16.7. The first kappa shape index (κ1) is 15.2. The maximum atomic E-state index is 12.5. The van der Waals surface area contributed by atoms with Crippen molar-refractivity contribution >= 4 is 5.78 Å². The third-order valence-electron chi connectivity index (χ3n) is 3.87. The first-order chi connectivity index (χ1) is 11.0. The van der Waals surface area contributed by atoms with Gasteiger partial charge in [-0.1, -0.05) is 0 Å². The Morgan fingerprint density at radius 2 is 1.83 bits per heavy atom. The van der Waals surface area contributed by atoms with Crippen LogP contribution in [0.4, 0.5) is 0 Å². The van der Waals surface area contributed by atoms with Crippen molar-refractivity contribution in [3.05, 3.63) is 47.5 Å². The summed E-state index contributed by atoms with van der Waals surface area (Å²) in [5.74, 6) is -1.17. The van der Waals surface area contributed by atoms with Gasteiger partial charge in [0.1, 0.15) is 28.6 Å². The van der Waals surface area contributed by atoms with E-state index in [2.05, 4.69) is 0 Å². The minimum Gasteiger partial charge on any atom is -0.508 e. The molecule has 1 atom stereocenters. The van der Waals surface area contributed by atoms with Gasteiger partial charge in [-0.05, 0) is 24.3 Å². The molecule has 0 amide bonds. The molecule has 2 aromatic rings. The van der Waals surface area contributed by atoms with Crippen LogP contribution in [0.3, 0.4) is 0 Å². The number of carbonyl (C=O) groups is 1. The highest BCUT2D eigenvalue weighted by Gasteiger charge is 2.44. The van der Waals surface area contributed by atoms with E-state index in [0.717, 1.165) is 0 Å². The predicted octanol–water partition coefficient (Wildman–Crippen LogP) is 2.57. The van der Waals surface area contributed by atoms with Gasteiger partial charge in [-0.25, -0.2) is 0 Å². The predicted molar refractivity (Wildman–Crippen MR) is 81.0 cm³/mol. The van der Waals surface area contributed by atoms with Gasteiger partial charge in [-0.15, -0.1) is 0 Å². The van der Waals surface area contributed by atoms with Crippen molar-refractivity contribution in [2.45, 2.75) is 12.2 Å². The van der Waals surface area contributed by atoms with Crippen molar-refractivity contribution in [2.75, 3.05) is 14.2 Å². The fourth-order valence-corrected chi connectivity index (χ4v) is 2.68. The van der Waals surface area contributed by atoms with Gasteiger partial charge in [0, 0.05) is 24.8 Å². The Morgan fingerprint density at radius 3 is 2.43 bits per heavy atom. The van der Waals surface area contributed by atoms with Gasteiger partial charge >= 0.3 is 0 Å². The smallest absolute Gasteiger partial charge is 0.244 e. The number of phenols is 2. The van der Waals surface area contributed by atoms with Crippen molar-refractivity contribution in [2.24, 2.45) is 0 Å². The molecule has 1 heterocycles. The molecule has 0 fully saturated rings. The van der Waals surface area contributed by atoms with Crippen LogP contribution in [0, 0.1) is 0 Å². The van der Waals surface area contributed by atoms with E-state index in [1.165, 1.54) is 38.5 Å². The molecule has 0 aliphatic carbocycles. The Morgan fingerprint density at radius 1 is 1.13 bits per heavy atom. The summed E-state index contributed by atoms with van der Waals surface area (Å²) < 4.78 is 16.5. The summed E-state index contributed by atoms with van der Waals surface area (Å²) in [6.07, 6.45) is -0.0961. The van der Waals surface area contributed by atoms with Crippen molar-refractivity contribution in [3.63, 3.8) is 0 Å². The number of carbonyl (C=O) groups excluding carboxylic acids is 1. The Balaban J connectivity index is 2.11. The summed E-state index contributed by atoms with van der Waals surface area (Å²) in [6.45, 7) is 0. The van der Waals surface area contributed by atoms with E-state index in [4.69, 9.17) is 14.2 Å². The summed E-state index contributed by atoms with van der Waals surface area (Å²) in [5.41, 5.74) is 0.691. The standard InChI is InChI=1S/C17H16O6/c1-21-12-7-13(19)16-14(20)9-17(22-2,23-15(16)8-12)10-3-5-11(18)6-4-10/h3-8,18-19H,9H2,1-2H3. The van der Waals surface area contributed by atoms with Crippen LogP contribution < -0.4 is 9.47 Å². The maximum absolute atomic E-state index is 12.5. The summed E-state index contributed by atoms with van der Waals surface area (Å²) in [5, 5.41) is 19.5. The Hall–Kier alpha value is -2.73. The quantitative estimate of drug-likeness (QED) is 0.905. The molecule has 1 unspecified atom stereocenters. The van der Waals surface area contributed by atoms with Crippen LogP contribution in [-0.2, 0) is 10.5 Å². The number of hydrogen-bond acceptors (Lipinski definition) is 6. The molecular formula is C17H16O6. The molecule has 6 heteroatoms. The molecule has 0 bridgehead atoms. The number of rotatable bonds is 3. The summed E-state index contributed by atoms with van der Waals surface area (Å²) in [6, 6.07) is 9.11. The normalized spacial score (nSPS) is 19.8. The molecule has 0 saturated heterocycles. The molecular weight excluding hydrogens is 300 g/mol. The van der Waals surface area contributed by atoms with Crippen molar-refractivity contribution < 1.29 is 29.2 Å². The number of benzene rings is 2. The SMILES string of the molecule is COc1cc(O)c2c(c1)OC(OC)(c1ccc(O)cc1)CC2=O. The van der Waals surface area contributed by atoms with Crippen molar-refractivity contribution in [1.82, 2.24) is 0 Å². The summed E-state index contributed by atoms with van der Waals surface area (Å²) in [7, 11) is 2.89. The second-order valence-electron chi connectivity index (χ2n) is 5.23. The number of ether oxygens (including phenoxy) is 3. The molecule has 3 rings (SSSR count). The largest absolute Gasteiger partial charge is 0.508 e. The van der Waals surface area contributed by atoms with Gasteiger partial charge in [-0.3, -0.25) is 4.79 Å². The number of aromatic hydroxyl groups is 2. The molecule has 2 N–H and O–H groups in total. The van der Waals surface area contributed by atoms with Crippen molar-refractivity contribution in [3.8, 4) is 23.0 Å². The van der Waals surface area contributed by atoms with E-state index >= 15 is 0 Å². The lowest BCUT2D eigenvalue weighted by atomic mass is 9.92. The van der Waals surface area contributed by atoms with Crippen LogP contribution in [0.2, 0.25) is 0 Å². The molecule has 1 aliphatic rings. The van der Waals surface area contributed by atoms with E-state index in [0.29, 0.717) is 11.3 Å². The van der Waals surface area contributed by atoms with E-state index in [9.17, 15) is 15.0 Å². The van der Waals surface area contributed by atoms with Crippen LogP contribution >= 0.6 is 0 Å². The van der Waals surface area contributed by atoms with Gasteiger partial charge in [0.05, 0.1) is 13.5 Å². The van der Waals surface area contributed by atoms with E-state index < -0.39 is 5.79 Å². The number of fused-ring (bicyclic) bond motifs is 1. The molecule has 6 nitrogen and oxygen atoms in total. The van der Waals surface area contributed by atoms with Crippen LogP contribution in [0.15, 0.2) is 36.4 Å². The van der Waals surface area contributed by atoms with Crippen LogP contribution in [0.25, 0.3) is 0 Å². The molecule has 0 saturated carbocycles. The molecule has 0 radical (unpaired) electrons. The first-order valence-corrected chi connectivity index (χ1v) is 6.97. The topological polar surface area (TPSA) is 85.2 Å². The van der Waals surface area contributed by atoms with Gasteiger partial charge < -0.3 is 24.4 Å². The second kappa shape index (κ2) is 5.48. The average Bonchev–Trinajstić information content (AvgIpc) is 2.54. The van der Waals surface area contributed by atoms with Crippen LogP contribution in [0.5, 0.6) is 23.0 Å². The number of Topliss-reactive ketones (excluding diaryl/α,β-unsaturated/α-hetero) is 1. The fraction of sp³-hybridized carbons (Fsp3) is 0.235. The lowest BCUT2D eigenvalue weighted by Gasteiger charge is -2.37. The zero-order chi connectivity index (χ0) is 16.6. The third kappa shape index (κ3) is 2.47. The molecule has 0 spiro atoms. The number of methoxy groups -OCH3 is 2. The number of hydrogen-bond donors (Lipinski definition) is 2.